The van der Waals surface area contributed by atoms with E-state index in [9.17, 15) is 13.2 Å². The van der Waals surface area contributed by atoms with E-state index in [2.05, 4.69) is 10.5 Å². The Morgan fingerprint density at radius 2 is 1.90 bits per heavy atom. The monoisotopic (exact) mass is 311 g/mol. The van der Waals surface area contributed by atoms with Crippen LogP contribution in [0.25, 0.3) is 11.3 Å². The molecule has 1 aliphatic rings. The van der Waals surface area contributed by atoms with Crippen LogP contribution in [0.4, 0.5) is 18.9 Å². The van der Waals surface area contributed by atoms with Gasteiger partial charge in [-0.3, -0.25) is 0 Å². The predicted molar refractivity (Wildman–Crippen MR) is 77.5 cm³/mol. The van der Waals surface area contributed by atoms with Gasteiger partial charge in [0.1, 0.15) is 0 Å². The Hall–Kier alpha value is -1.56. The van der Waals surface area contributed by atoms with Gasteiger partial charge >= 0.3 is 6.18 Å². The van der Waals surface area contributed by atoms with E-state index >= 15 is 0 Å². The maximum Gasteiger partial charge on any atom is 0.418 e. The van der Waals surface area contributed by atoms with Gasteiger partial charge in [-0.05, 0) is 31.4 Å². The SMILES string of the molecule is FC(F)(F)c1cc(-c2cs[c]n2)ccc1N1CCCCC1. The van der Waals surface area contributed by atoms with Crippen LogP contribution >= 0.6 is 11.3 Å². The van der Waals surface area contributed by atoms with E-state index in [4.69, 9.17) is 0 Å². The molecule has 1 aliphatic heterocycles. The Morgan fingerprint density at radius 3 is 2.52 bits per heavy atom. The van der Waals surface area contributed by atoms with Crippen molar-refractivity contribution in [2.75, 3.05) is 18.0 Å². The average Bonchev–Trinajstić information content (AvgIpc) is 3.01. The van der Waals surface area contributed by atoms with E-state index in [0.29, 0.717) is 24.3 Å². The Bertz CT molecular complexity index is 602. The fraction of sp³-hybridized carbons (Fsp3) is 0.400. The lowest BCUT2D eigenvalue weighted by Crippen LogP contribution is -2.31. The molecular formula is C15H14F3N2S. The maximum absolute atomic E-state index is 13.4. The number of hydrogen-bond donors (Lipinski definition) is 0. The van der Waals surface area contributed by atoms with E-state index in [1.165, 1.54) is 17.4 Å². The van der Waals surface area contributed by atoms with Gasteiger partial charge in [0.25, 0.3) is 0 Å². The molecular weight excluding hydrogens is 297 g/mol. The fourth-order valence-corrected chi connectivity index (χ4v) is 3.15. The lowest BCUT2D eigenvalue weighted by molar-refractivity contribution is -0.137. The fourth-order valence-electron chi connectivity index (χ4n) is 2.65. The zero-order valence-electron chi connectivity index (χ0n) is 11.3. The highest BCUT2D eigenvalue weighted by atomic mass is 32.1. The number of aromatic nitrogens is 1. The molecule has 2 heterocycles. The molecule has 0 N–H and O–H groups in total. The molecule has 0 spiro atoms. The highest BCUT2D eigenvalue weighted by Gasteiger charge is 2.35. The Kier molecular flexibility index (Phi) is 3.89. The molecule has 1 aromatic carbocycles. The van der Waals surface area contributed by atoms with Gasteiger partial charge in [0.15, 0.2) is 5.51 Å². The van der Waals surface area contributed by atoms with Crippen molar-refractivity contribution in [3.05, 3.63) is 34.7 Å². The third-order valence-corrected chi connectivity index (χ3v) is 4.22. The third-order valence-electron chi connectivity index (χ3n) is 3.68. The molecule has 2 nitrogen and oxygen atoms in total. The number of halogens is 3. The van der Waals surface area contributed by atoms with Crippen LogP contribution in [0.1, 0.15) is 24.8 Å². The quantitative estimate of drug-likeness (QED) is 0.804. The number of benzene rings is 1. The molecule has 3 rings (SSSR count). The minimum Gasteiger partial charge on any atom is -0.371 e. The van der Waals surface area contributed by atoms with E-state index in [0.717, 1.165) is 19.3 Å². The second kappa shape index (κ2) is 5.67. The Labute approximate surface area is 125 Å². The number of hydrogen-bond acceptors (Lipinski definition) is 3. The molecule has 1 fully saturated rings. The number of rotatable bonds is 2. The van der Waals surface area contributed by atoms with E-state index in [-0.39, 0.29) is 5.69 Å². The molecule has 0 amide bonds. The Balaban J connectivity index is 2.03. The van der Waals surface area contributed by atoms with Gasteiger partial charge in [-0.25, -0.2) is 4.98 Å². The zero-order valence-corrected chi connectivity index (χ0v) is 12.1. The molecule has 1 saturated heterocycles. The van der Waals surface area contributed by atoms with Crippen molar-refractivity contribution in [2.24, 2.45) is 0 Å². The first-order valence-corrected chi connectivity index (χ1v) is 7.72. The lowest BCUT2D eigenvalue weighted by atomic mass is 10.0. The van der Waals surface area contributed by atoms with Gasteiger partial charge in [-0.15, -0.1) is 11.3 Å². The van der Waals surface area contributed by atoms with Crippen LogP contribution in [-0.4, -0.2) is 18.1 Å². The van der Waals surface area contributed by atoms with Crippen molar-refractivity contribution in [1.82, 2.24) is 4.98 Å². The van der Waals surface area contributed by atoms with Crippen molar-refractivity contribution in [3.8, 4) is 11.3 Å². The number of thiazole rings is 1. The van der Waals surface area contributed by atoms with Crippen LogP contribution in [0.5, 0.6) is 0 Å². The molecule has 0 aliphatic carbocycles. The van der Waals surface area contributed by atoms with Crippen LogP contribution in [0.2, 0.25) is 0 Å². The summed E-state index contributed by atoms with van der Waals surface area (Å²) in [5, 5.41) is 1.70. The lowest BCUT2D eigenvalue weighted by Gasteiger charge is -2.31. The van der Waals surface area contributed by atoms with Crippen LogP contribution in [-0.2, 0) is 6.18 Å². The van der Waals surface area contributed by atoms with Gasteiger partial charge in [0.05, 0.1) is 11.3 Å². The third kappa shape index (κ3) is 3.05. The van der Waals surface area contributed by atoms with E-state index in [1.807, 2.05) is 4.90 Å². The first-order valence-electron chi connectivity index (χ1n) is 6.84. The van der Waals surface area contributed by atoms with E-state index in [1.54, 1.807) is 17.5 Å². The number of nitrogens with zero attached hydrogens (tertiary/aromatic N) is 2. The second-order valence-electron chi connectivity index (χ2n) is 5.10. The smallest absolute Gasteiger partial charge is 0.371 e. The second-order valence-corrected chi connectivity index (χ2v) is 5.76. The van der Waals surface area contributed by atoms with Crippen molar-refractivity contribution in [1.29, 1.82) is 0 Å². The molecule has 1 aromatic heterocycles. The molecule has 6 heteroatoms. The summed E-state index contributed by atoms with van der Waals surface area (Å²) in [6.07, 6.45) is -1.38. The van der Waals surface area contributed by atoms with Crippen molar-refractivity contribution in [2.45, 2.75) is 25.4 Å². The van der Waals surface area contributed by atoms with Gasteiger partial charge in [-0.1, -0.05) is 6.07 Å². The normalized spacial score (nSPS) is 16.2. The molecule has 0 atom stereocenters. The summed E-state index contributed by atoms with van der Waals surface area (Å²) >= 11 is 1.25. The van der Waals surface area contributed by atoms with Gasteiger partial charge in [-0.2, -0.15) is 13.2 Å². The highest BCUT2D eigenvalue weighted by Crippen LogP contribution is 2.39. The summed E-state index contributed by atoms with van der Waals surface area (Å²) < 4.78 is 40.1. The standard InChI is InChI=1S/C15H14F3N2S/c16-15(17,18)12-8-11(13-9-21-10-19-13)4-5-14(12)20-6-2-1-3-7-20/h4-5,8-9H,1-3,6-7H2. The summed E-state index contributed by atoms with van der Waals surface area (Å²) in [6, 6.07) is 4.48. The van der Waals surface area contributed by atoms with Crippen LogP contribution in [0.15, 0.2) is 23.6 Å². The van der Waals surface area contributed by atoms with Crippen molar-refractivity contribution >= 4 is 17.0 Å². The molecule has 111 valence electrons. The molecule has 0 saturated carbocycles. The topological polar surface area (TPSA) is 16.1 Å². The number of piperidine rings is 1. The number of alkyl halides is 3. The first-order chi connectivity index (χ1) is 10.1. The predicted octanol–water partition coefficient (Wildman–Crippen LogP) is 4.62. The largest absolute Gasteiger partial charge is 0.418 e. The highest BCUT2D eigenvalue weighted by molar-refractivity contribution is 7.07. The van der Waals surface area contributed by atoms with Gasteiger partial charge < -0.3 is 4.90 Å². The molecule has 1 radical (unpaired) electrons. The van der Waals surface area contributed by atoms with Gasteiger partial charge in [0, 0.05) is 29.7 Å². The summed E-state index contributed by atoms with van der Waals surface area (Å²) in [5.74, 6) is 0. The summed E-state index contributed by atoms with van der Waals surface area (Å²) in [5.41, 5.74) is 3.40. The zero-order chi connectivity index (χ0) is 14.9. The maximum atomic E-state index is 13.4. The number of anilines is 1. The molecule has 0 bridgehead atoms. The summed E-state index contributed by atoms with van der Waals surface area (Å²) in [7, 11) is 0. The molecule has 0 unspecified atom stereocenters. The van der Waals surface area contributed by atoms with E-state index < -0.39 is 11.7 Å². The van der Waals surface area contributed by atoms with Crippen LogP contribution in [0.3, 0.4) is 0 Å². The minimum atomic E-state index is -4.36. The Morgan fingerprint density at radius 1 is 1.14 bits per heavy atom. The van der Waals surface area contributed by atoms with Crippen molar-refractivity contribution < 1.29 is 13.2 Å². The van der Waals surface area contributed by atoms with Crippen molar-refractivity contribution in [3.63, 3.8) is 0 Å². The van der Waals surface area contributed by atoms with Gasteiger partial charge in [0.2, 0.25) is 0 Å². The summed E-state index contributed by atoms with van der Waals surface area (Å²) in [4.78, 5) is 5.80. The van der Waals surface area contributed by atoms with Crippen LogP contribution in [0, 0.1) is 5.51 Å². The van der Waals surface area contributed by atoms with Crippen LogP contribution < -0.4 is 4.90 Å². The summed E-state index contributed by atoms with van der Waals surface area (Å²) in [6.45, 7) is 1.37. The molecule has 21 heavy (non-hydrogen) atoms. The minimum absolute atomic E-state index is 0.283. The first kappa shape index (κ1) is 14.4. The molecule has 2 aromatic rings. The average molecular weight is 311 g/mol.